The first-order valence-corrected chi connectivity index (χ1v) is 7.70. The van der Waals surface area contributed by atoms with Gasteiger partial charge in [0, 0.05) is 32.8 Å². The smallest absolute Gasteiger partial charge is 0.181 e. The number of ketones is 1. The van der Waals surface area contributed by atoms with E-state index in [0.29, 0.717) is 0 Å². The van der Waals surface area contributed by atoms with Crippen LogP contribution in [0.5, 0.6) is 0 Å². The monoisotopic (exact) mass is 370 g/mol. The largest absolute Gasteiger partial charge is 0.347 e. The highest BCUT2D eigenvalue weighted by Crippen LogP contribution is 2.25. The van der Waals surface area contributed by atoms with E-state index < -0.39 is 0 Å². The first-order valence-electron chi connectivity index (χ1n) is 6.62. The number of benzene rings is 1. The average molecular weight is 370 g/mol. The molecule has 4 heteroatoms. The summed E-state index contributed by atoms with van der Waals surface area (Å²) in [5.41, 5.74) is 1.97. The Hall–Kier alpha value is -0.880. The van der Waals surface area contributed by atoms with Gasteiger partial charge in [-0.25, -0.2) is 0 Å². The summed E-state index contributed by atoms with van der Waals surface area (Å²) in [6.45, 7) is 5.00. The minimum Gasteiger partial charge on any atom is -0.347 e. The molecule has 0 saturated heterocycles. The van der Waals surface area contributed by atoms with Gasteiger partial charge in [0.25, 0.3) is 0 Å². The molecule has 0 fully saturated rings. The van der Waals surface area contributed by atoms with Crippen LogP contribution in [0.2, 0.25) is 0 Å². The summed E-state index contributed by atoms with van der Waals surface area (Å²) in [5, 5.41) is 4.15. The summed E-state index contributed by atoms with van der Waals surface area (Å²) in [5.74, 6) is 0.184. The number of likely N-dealkylation sites (N-methyl/N-ethyl adjacent to an activating group) is 1. The Bertz CT molecular complexity index is 599. The minimum absolute atomic E-state index is 0.102. The number of carbonyl (C=O) groups excluding carboxylic acids is 1. The van der Waals surface area contributed by atoms with Crippen molar-refractivity contribution in [3.8, 4) is 0 Å². The van der Waals surface area contributed by atoms with Crippen molar-refractivity contribution in [2.75, 3.05) is 7.05 Å². The Balaban J connectivity index is 2.58. The molecule has 19 heavy (non-hydrogen) atoms. The van der Waals surface area contributed by atoms with Crippen molar-refractivity contribution in [1.29, 1.82) is 0 Å². The predicted molar refractivity (Wildman–Crippen MR) is 87.8 cm³/mol. The maximum Gasteiger partial charge on any atom is 0.181 e. The first-order chi connectivity index (χ1) is 9.12. The zero-order valence-corrected chi connectivity index (χ0v) is 13.7. The highest BCUT2D eigenvalue weighted by Gasteiger charge is 2.21. The van der Waals surface area contributed by atoms with Crippen molar-refractivity contribution in [3.63, 3.8) is 0 Å². The second-order valence-electron chi connectivity index (χ2n) is 4.60. The van der Waals surface area contributed by atoms with Crippen LogP contribution in [0.1, 0.15) is 30.6 Å². The second-order valence-corrected chi connectivity index (χ2v) is 5.85. The fourth-order valence-corrected chi connectivity index (χ4v) is 2.91. The van der Waals surface area contributed by atoms with Crippen molar-refractivity contribution < 1.29 is 4.79 Å². The van der Waals surface area contributed by atoms with Crippen molar-refractivity contribution in [2.45, 2.75) is 32.9 Å². The number of nitrogens with zero attached hydrogens (tertiary/aromatic N) is 1. The molecule has 0 aliphatic heterocycles. The van der Waals surface area contributed by atoms with Crippen LogP contribution < -0.4 is 5.32 Å². The lowest BCUT2D eigenvalue weighted by Gasteiger charge is -2.11. The van der Waals surface area contributed by atoms with Crippen LogP contribution in [0.25, 0.3) is 10.9 Å². The molecule has 102 valence electrons. The molecule has 0 amide bonds. The molecule has 3 nitrogen and oxygen atoms in total. The van der Waals surface area contributed by atoms with Crippen LogP contribution in [0, 0.1) is 3.57 Å². The molecule has 1 heterocycles. The third-order valence-electron chi connectivity index (χ3n) is 3.52. The SMILES string of the molecule is CCC(NC)C(=O)c1cn(CC)c2cc(I)ccc12. The molecule has 0 saturated carbocycles. The summed E-state index contributed by atoms with van der Waals surface area (Å²) in [6, 6.07) is 6.14. The Morgan fingerprint density at radius 1 is 1.42 bits per heavy atom. The number of rotatable bonds is 5. The molecule has 2 rings (SSSR count). The van der Waals surface area contributed by atoms with Gasteiger partial charge in [0.1, 0.15) is 0 Å². The third kappa shape index (κ3) is 2.69. The summed E-state index contributed by atoms with van der Waals surface area (Å²) >= 11 is 2.31. The molecule has 1 aromatic heterocycles. The second kappa shape index (κ2) is 6.05. The highest BCUT2D eigenvalue weighted by molar-refractivity contribution is 14.1. The van der Waals surface area contributed by atoms with E-state index in [-0.39, 0.29) is 11.8 Å². The fourth-order valence-electron chi connectivity index (χ4n) is 2.43. The van der Waals surface area contributed by atoms with E-state index in [2.05, 4.69) is 57.6 Å². The van der Waals surface area contributed by atoms with Gasteiger partial charge in [-0.1, -0.05) is 13.0 Å². The van der Waals surface area contributed by atoms with Crippen LogP contribution in [0.15, 0.2) is 24.4 Å². The van der Waals surface area contributed by atoms with Crippen LogP contribution in [-0.4, -0.2) is 23.4 Å². The van der Waals surface area contributed by atoms with Gasteiger partial charge in [-0.2, -0.15) is 0 Å². The van der Waals surface area contributed by atoms with E-state index in [0.717, 1.165) is 29.4 Å². The van der Waals surface area contributed by atoms with Gasteiger partial charge >= 0.3 is 0 Å². The topological polar surface area (TPSA) is 34.0 Å². The van der Waals surface area contributed by atoms with E-state index >= 15 is 0 Å². The number of carbonyl (C=O) groups is 1. The van der Waals surface area contributed by atoms with Gasteiger partial charge in [0.05, 0.1) is 6.04 Å². The average Bonchev–Trinajstić information content (AvgIpc) is 2.77. The molecular weight excluding hydrogens is 351 g/mol. The normalized spacial score (nSPS) is 12.8. The molecule has 2 aromatic rings. The van der Waals surface area contributed by atoms with Gasteiger partial charge in [-0.15, -0.1) is 0 Å². The highest BCUT2D eigenvalue weighted by atomic mass is 127. The van der Waals surface area contributed by atoms with E-state index in [1.165, 1.54) is 3.57 Å². The van der Waals surface area contributed by atoms with Crippen LogP contribution in [0.3, 0.4) is 0 Å². The Labute approximate surface area is 127 Å². The molecule has 1 aromatic carbocycles. The Kier molecular flexibility index (Phi) is 4.62. The van der Waals surface area contributed by atoms with Crippen molar-refractivity contribution >= 4 is 39.3 Å². The van der Waals surface area contributed by atoms with Gasteiger partial charge in [0.15, 0.2) is 5.78 Å². The van der Waals surface area contributed by atoms with E-state index in [1.807, 2.05) is 20.2 Å². The molecule has 1 unspecified atom stereocenters. The van der Waals surface area contributed by atoms with Crippen LogP contribution >= 0.6 is 22.6 Å². The number of nitrogens with one attached hydrogen (secondary N) is 1. The van der Waals surface area contributed by atoms with Crippen molar-refractivity contribution in [3.05, 3.63) is 33.5 Å². The first kappa shape index (κ1) is 14.5. The van der Waals surface area contributed by atoms with Crippen molar-refractivity contribution in [2.24, 2.45) is 0 Å². The predicted octanol–water partition coefficient (Wildman–Crippen LogP) is 3.45. The Morgan fingerprint density at radius 2 is 2.16 bits per heavy atom. The van der Waals surface area contributed by atoms with E-state index in [9.17, 15) is 4.79 Å². The number of halogens is 1. The lowest BCUT2D eigenvalue weighted by molar-refractivity contribution is 0.0946. The quantitative estimate of drug-likeness (QED) is 0.646. The third-order valence-corrected chi connectivity index (χ3v) is 4.19. The summed E-state index contributed by atoms with van der Waals surface area (Å²) in [6.07, 6.45) is 2.79. The summed E-state index contributed by atoms with van der Waals surface area (Å²) in [4.78, 5) is 12.6. The Morgan fingerprint density at radius 3 is 2.74 bits per heavy atom. The zero-order chi connectivity index (χ0) is 14.0. The lowest BCUT2D eigenvalue weighted by Crippen LogP contribution is -2.33. The van der Waals surface area contributed by atoms with Gasteiger partial charge in [-0.3, -0.25) is 4.79 Å². The molecular formula is C15H19IN2O. The zero-order valence-electron chi connectivity index (χ0n) is 11.5. The maximum absolute atomic E-state index is 12.6. The standard InChI is InChI=1S/C15H19IN2O/c1-4-13(17-3)15(19)12-9-18(5-2)14-8-10(16)6-7-11(12)14/h6-9,13,17H,4-5H2,1-3H3. The number of hydrogen-bond donors (Lipinski definition) is 1. The van der Waals surface area contributed by atoms with Crippen LogP contribution in [-0.2, 0) is 6.54 Å². The molecule has 0 bridgehead atoms. The number of Topliss-reactive ketones (excluding diaryl/α,β-unsaturated/α-hetero) is 1. The van der Waals surface area contributed by atoms with Gasteiger partial charge < -0.3 is 9.88 Å². The lowest BCUT2D eigenvalue weighted by atomic mass is 10.0. The van der Waals surface area contributed by atoms with Crippen molar-refractivity contribution in [1.82, 2.24) is 9.88 Å². The maximum atomic E-state index is 12.6. The fraction of sp³-hybridized carbons (Fsp3) is 0.400. The number of aryl methyl sites for hydroxylation is 1. The minimum atomic E-state index is -0.102. The molecule has 0 aliphatic carbocycles. The van der Waals surface area contributed by atoms with Gasteiger partial charge in [0.2, 0.25) is 0 Å². The molecule has 1 N–H and O–H groups in total. The number of hydrogen-bond acceptors (Lipinski definition) is 2. The molecule has 0 radical (unpaired) electrons. The number of fused-ring (bicyclic) bond motifs is 1. The van der Waals surface area contributed by atoms with Gasteiger partial charge in [-0.05, 0) is 55.1 Å². The summed E-state index contributed by atoms with van der Waals surface area (Å²) in [7, 11) is 1.84. The number of aromatic nitrogens is 1. The van der Waals surface area contributed by atoms with E-state index in [4.69, 9.17) is 0 Å². The molecule has 1 atom stereocenters. The summed E-state index contributed by atoms with van der Waals surface area (Å²) < 4.78 is 3.34. The molecule has 0 aliphatic rings. The van der Waals surface area contributed by atoms with E-state index in [1.54, 1.807) is 0 Å². The molecule has 0 spiro atoms. The van der Waals surface area contributed by atoms with Crippen LogP contribution in [0.4, 0.5) is 0 Å².